The highest BCUT2D eigenvalue weighted by Gasteiger charge is 2.30. The second-order valence-electron chi connectivity index (χ2n) is 5.06. The molecule has 0 atom stereocenters. The van der Waals surface area contributed by atoms with Crippen molar-refractivity contribution in [1.82, 2.24) is 0 Å². The van der Waals surface area contributed by atoms with E-state index in [1.807, 2.05) is 0 Å². The number of alkyl halides is 3. The Hall–Kier alpha value is -2.53. The van der Waals surface area contributed by atoms with Crippen LogP contribution in [0.25, 0.3) is 10.8 Å². The summed E-state index contributed by atoms with van der Waals surface area (Å²) in [6.07, 6.45) is -4.45. The molecule has 0 unspecified atom stereocenters. The van der Waals surface area contributed by atoms with Crippen molar-refractivity contribution >= 4 is 28.3 Å². The van der Waals surface area contributed by atoms with Crippen molar-refractivity contribution in [3.63, 3.8) is 0 Å². The van der Waals surface area contributed by atoms with Crippen LogP contribution in [0.2, 0.25) is 5.02 Å². The molecule has 0 saturated carbocycles. The predicted molar refractivity (Wildman–Crippen MR) is 85.4 cm³/mol. The molecule has 0 saturated heterocycles. The molecule has 3 aromatic carbocycles. The lowest BCUT2D eigenvalue weighted by Crippen LogP contribution is -2.10. The third kappa shape index (κ3) is 3.21. The van der Waals surface area contributed by atoms with Gasteiger partial charge in [-0.05, 0) is 36.4 Å². The quantitative estimate of drug-likeness (QED) is 0.435. The molecule has 0 aliphatic rings. The summed E-state index contributed by atoms with van der Waals surface area (Å²) in [5.41, 5.74) is -0.793. The number of halogens is 4. The Balaban J connectivity index is 1.89. The summed E-state index contributed by atoms with van der Waals surface area (Å²) in [7, 11) is 0. The average Bonchev–Trinajstić information content (AvgIpc) is 2.57. The zero-order chi connectivity index (χ0) is 17.3. The molecule has 0 fully saturated rings. The SMILES string of the molecule is O=C(Oc1ccc(Cl)c2ccccc12)c1ccc(C(F)(F)F)cc1. The number of fused-ring (bicyclic) bond motifs is 1. The second kappa shape index (κ2) is 6.17. The summed E-state index contributed by atoms with van der Waals surface area (Å²) in [5, 5.41) is 1.88. The van der Waals surface area contributed by atoms with Crippen LogP contribution in [0, 0.1) is 0 Å². The first-order valence-electron chi connectivity index (χ1n) is 6.93. The Morgan fingerprint density at radius 3 is 2.12 bits per heavy atom. The van der Waals surface area contributed by atoms with Gasteiger partial charge >= 0.3 is 12.1 Å². The van der Waals surface area contributed by atoms with E-state index in [1.54, 1.807) is 36.4 Å². The van der Waals surface area contributed by atoms with Crippen LogP contribution in [-0.2, 0) is 6.18 Å². The van der Waals surface area contributed by atoms with Gasteiger partial charge in [-0.1, -0.05) is 35.9 Å². The van der Waals surface area contributed by atoms with Crippen molar-refractivity contribution in [2.24, 2.45) is 0 Å². The lowest BCUT2D eigenvalue weighted by molar-refractivity contribution is -0.137. The fourth-order valence-corrected chi connectivity index (χ4v) is 2.51. The molecule has 6 heteroatoms. The van der Waals surface area contributed by atoms with E-state index in [4.69, 9.17) is 16.3 Å². The van der Waals surface area contributed by atoms with E-state index in [0.717, 1.165) is 29.7 Å². The lowest BCUT2D eigenvalue weighted by Gasteiger charge is -2.10. The van der Waals surface area contributed by atoms with Gasteiger partial charge < -0.3 is 4.74 Å². The maximum atomic E-state index is 12.6. The molecule has 3 aromatic rings. The molecule has 0 bridgehead atoms. The maximum absolute atomic E-state index is 12.6. The van der Waals surface area contributed by atoms with Crippen LogP contribution in [0.15, 0.2) is 60.7 Å². The number of hydrogen-bond acceptors (Lipinski definition) is 2. The molecule has 0 aromatic heterocycles. The van der Waals surface area contributed by atoms with Gasteiger partial charge in [0.15, 0.2) is 0 Å². The molecule has 0 amide bonds. The van der Waals surface area contributed by atoms with Crippen LogP contribution in [0.3, 0.4) is 0 Å². The third-order valence-electron chi connectivity index (χ3n) is 3.48. The summed E-state index contributed by atoms with van der Waals surface area (Å²) in [6, 6.07) is 14.1. The molecule has 0 aliphatic carbocycles. The van der Waals surface area contributed by atoms with Crippen molar-refractivity contribution in [3.05, 3.63) is 76.8 Å². The van der Waals surface area contributed by atoms with Gasteiger partial charge in [0.1, 0.15) is 5.75 Å². The first-order chi connectivity index (χ1) is 11.4. The highest BCUT2D eigenvalue weighted by molar-refractivity contribution is 6.35. The van der Waals surface area contributed by atoms with Gasteiger partial charge in [0, 0.05) is 15.8 Å². The Bertz CT molecular complexity index is 902. The van der Waals surface area contributed by atoms with Crippen LogP contribution in [0.5, 0.6) is 5.75 Å². The molecule has 0 aliphatic heterocycles. The highest BCUT2D eigenvalue weighted by atomic mass is 35.5. The Morgan fingerprint density at radius 2 is 1.50 bits per heavy atom. The van der Waals surface area contributed by atoms with Crippen molar-refractivity contribution < 1.29 is 22.7 Å². The monoisotopic (exact) mass is 350 g/mol. The molecular weight excluding hydrogens is 341 g/mol. The third-order valence-corrected chi connectivity index (χ3v) is 3.81. The highest BCUT2D eigenvalue weighted by Crippen LogP contribution is 2.32. The molecule has 0 N–H and O–H groups in total. The first kappa shape index (κ1) is 16.3. The Kier molecular flexibility index (Phi) is 4.20. The van der Waals surface area contributed by atoms with E-state index in [1.165, 1.54) is 0 Å². The van der Waals surface area contributed by atoms with Crippen molar-refractivity contribution in [2.75, 3.05) is 0 Å². The number of esters is 1. The number of rotatable bonds is 2. The van der Waals surface area contributed by atoms with E-state index in [2.05, 4.69) is 0 Å². The number of hydrogen-bond donors (Lipinski definition) is 0. The second-order valence-corrected chi connectivity index (χ2v) is 5.46. The van der Waals surface area contributed by atoms with E-state index < -0.39 is 17.7 Å². The van der Waals surface area contributed by atoms with Gasteiger partial charge in [0.25, 0.3) is 0 Å². The summed E-state index contributed by atoms with van der Waals surface area (Å²) < 4.78 is 43.0. The van der Waals surface area contributed by atoms with Gasteiger partial charge in [-0.2, -0.15) is 13.2 Å². The zero-order valence-electron chi connectivity index (χ0n) is 12.1. The van der Waals surface area contributed by atoms with Crippen molar-refractivity contribution in [1.29, 1.82) is 0 Å². The molecule has 2 nitrogen and oxygen atoms in total. The van der Waals surface area contributed by atoms with Crippen LogP contribution in [-0.4, -0.2) is 5.97 Å². The van der Waals surface area contributed by atoms with Crippen molar-refractivity contribution in [2.45, 2.75) is 6.18 Å². The number of benzene rings is 3. The van der Waals surface area contributed by atoms with Gasteiger partial charge in [-0.15, -0.1) is 0 Å². The Labute approximate surface area is 140 Å². The summed E-state index contributed by atoms with van der Waals surface area (Å²) in [6.45, 7) is 0. The van der Waals surface area contributed by atoms with Gasteiger partial charge in [0.05, 0.1) is 11.1 Å². The minimum absolute atomic E-state index is 0.0297. The van der Waals surface area contributed by atoms with Crippen LogP contribution < -0.4 is 4.74 Å². The number of ether oxygens (including phenoxy) is 1. The predicted octanol–water partition coefficient (Wildman–Crippen LogP) is 5.73. The van der Waals surface area contributed by atoms with Gasteiger partial charge in [0.2, 0.25) is 0 Å². The molecule has 122 valence electrons. The zero-order valence-corrected chi connectivity index (χ0v) is 12.9. The summed E-state index contributed by atoms with van der Waals surface area (Å²) in [4.78, 5) is 12.2. The molecule has 0 heterocycles. The largest absolute Gasteiger partial charge is 0.422 e. The molecule has 3 rings (SSSR count). The lowest BCUT2D eigenvalue weighted by atomic mass is 10.1. The number of carbonyl (C=O) groups is 1. The minimum atomic E-state index is -4.45. The molecule has 24 heavy (non-hydrogen) atoms. The fraction of sp³-hybridized carbons (Fsp3) is 0.0556. The molecule has 0 spiro atoms. The van der Waals surface area contributed by atoms with Crippen LogP contribution >= 0.6 is 11.6 Å². The van der Waals surface area contributed by atoms with E-state index in [9.17, 15) is 18.0 Å². The first-order valence-corrected chi connectivity index (χ1v) is 7.31. The fourth-order valence-electron chi connectivity index (χ4n) is 2.28. The summed E-state index contributed by atoms with van der Waals surface area (Å²) in [5.74, 6) is -0.448. The molecule has 0 radical (unpaired) electrons. The minimum Gasteiger partial charge on any atom is -0.422 e. The smallest absolute Gasteiger partial charge is 0.416 e. The normalized spacial score (nSPS) is 11.5. The average molecular weight is 351 g/mol. The van der Waals surface area contributed by atoms with Gasteiger partial charge in [-0.25, -0.2) is 4.79 Å². The summed E-state index contributed by atoms with van der Waals surface area (Å²) >= 11 is 6.10. The standard InChI is InChI=1S/C18H10ClF3O2/c19-15-9-10-16(14-4-2-1-3-13(14)15)24-17(23)11-5-7-12(8-6-11)18(20,21)22/h1-10H. The van der Waals surface area contributed by atoms with E-state index in [0.29, 0.717) is 16.2 Å². The Morgan fingerprint density at radius 1 is 0.875 bits per heavy atom. The topological polar surface area (TPSA) is 26.3 Å². The molecular formula is C18H10ClF3O2. The van der Waals surface area contributed by atoms with Crippen LogP contribution in [0.1, 0.15) is 15.9 Å². The maximum Gasteiger partial charge on any atom is 0.416 e. The number of carbonyl (C=O) groups excluding carboxylic acids is 1. The van der Waals surface area contributed by atoms with E-state index >= 15 is 0 Å². The van der Waals surface area contributed by atoms with E-state index in [-0.39, 0.29) is 5.56 Å². The van der Waals surface area contributed by atoms with Crippen LogP contribution in [0.4, 0.5) is 13.2 Å². The van der Waals surface area contributed by atoms with Gasteiger partial charge in [-0.3, -0.25) is 0 Å². The van der Waals surface area contributed by atoms with Crippen molar-refractivity contribution in [3.8, 4) is 5.75 Å².